The number of hydrogen-bond acceptors (Lipinski definition) is 2. The van der Waals surface area contributed by atoms with Crippen LogP contribution in [0.5, 0.6) is 0 Å². The smallest absolute Gasteiger partial charge is 0.321 e. The van der Waals surface area contributed by atoms with Crippen LogP contribution in [0.2, 0.25) is 0 Å². The first-order valence-electron chi connectivity index (χ1n) is 6.30. The van der Waals surface area contributed by atoms with E-state index in [-0.39, 0.29) is 11.1 Å². The molecule has 0 saturated heterocycles. The van der Waals surface area contributed by atoms with Gasteiger partial charge in [-0.1, -0.05) is 6.07 Å². The van der Waals surface area contributed by atoms with Crippen molar-refractivity contribution < 1.29 is 18.0 Å². The summed E-state index contributed by atoms with van der Waals surface area (Å²) in [6.07, 6.45) is -3.05. The monoisotopic (exact) mass is 372 g/mol. The van der Waals surface area contributed by atoms with Gasteiger partial charge in [0, 0.05) is 10.0 Å². The number of rotatable bonds is 2. The van der Waals surface area contributed by atoms with Crippen molar-refractivity contribution in [3.8, 4) is 0 Å². The Bertz CT molecular complexity index is 729. The van der Waals surface area contributed by atoms with Crippen molar-refractivity contribution in [2.75, 3.05) is 5.32 Å². The molecular weight excluding hydrogens is 361 g/mol. The summed E-state index contributed by atoms with van der Waals surface area (Å²) in [7, 11) is 0. The Hall–Kier alpha value is -1.89. The number of anilines is 1. The third-order valence-electron chi connectivity index (χ3n) is 3.17. The summed E-state index contributed by atoms with van der Waals surface area (Å²) in [6.45, 7) is 3.06. The molecule has 0 unspecified atom stereocenters. The predicted octanol–water partition coefficient (Wildman–Crippen LogP) is 4.73. The fourth-order valence-electron chi connectivity index (χ4n) is 1.96. The van der Waals surface area contributed by atoms with Crippen LogP contribution >= 0.6 is 15.9 Å². The molecule has 0 spiro atoms. The molecule has 2 aromatic rings. The molecule has 1 amide bonds. The quantitative estimate of drug-likeness (QED) is 0.827. The van der Waals surface area contributed by atoms with E-state index in [0.29, 0.717) is 10.2 Å². The van der Waals surface area contributed by atoms with Crippen LogP contribution in [0.25, 0.3) is 0 Å². The second kappa shape index (κ2) is 6.08. The Kier molecular flexibility index (Phi) is 4.55. The SMILES string of the molecule is Cc1ncc(NC(=O)c2cccc(C(F)(F)F)c2C)cc1Br. The molecule has 1 aromatic carbocycles. The van der Waals surface area contributed by atoms with Gasteiger partial charge in [-0.05, 0) is 53.5 Å². The lowest BCUT2D eigenvalue weighted by molar-refractivity contribution is -0.138. The van der Waals surface area contributed by atoms with E-state index in [1.165, 1.54) is 25.3 Å². The Morgan fingerprint density at radius 1 is 1.27 bits per heavy atom. The highest BCUT2D eigenvalue weighted by atomic mass is 79.9. The Balaban J connectivity index is 2.32. The first-order valence-corrected chi connectivity index (χ1v) is 7.09. The fraction of sp³-hybridized carbons (Fsp3) is 0.200. The molecule has 1 N–H and O–H groups in total. The van der Waals surface area contributed by atoms with Crippen LogP contribution in [0.3, 0.4) is 0 Å². The topological polar surface area (TPSA) is 42.0 Å². The van der Waals surface area contributed by atoms with E-state index in [4.69, 9.17) is 0 Å². The summed E-state index contributed by atoms with van der Waals surface area (Å²) in [5, 5.41) is 2.55. The van der Waals surface area contributed by atoms with Gasteiger partial charge >= 0.3 is 6.18 Å². The van der Waals surface area contributed by atoms with Gasteiger partial charge in [-0.2, -0.15) is 13.2 Å². The number of alkyl halides is 3. The van der Waals surface area contributed by atoms with Gasteiger partial charge in [0.15, 0.2) is 0 Å². The number of nitrogens with zero attached hydrogens (tertiary/aromatic N) is 1. The van der Waals surface area contributed by atoms with Crippen molar-refractivity contribution in [3.05, 3.63) is 57.3 Å². The maximum Gasteiger partial charge on any atom is 0.416 e. The van der Waals surface area contributed by atoms with Crippen LogP contribution < -0.4 is 5.32 Å². The van der Waals surface area contributed by atoms with Gasteiger partial charge in [0.25, 0.3) is 5.91 Å². The zero-order valence-corrected chi connectivity index (χ0v) is 13.3. The van der Waals surface area contributed by atoms with Crippen molar-refractivity contribution in [2.45, 2.75) is 20.0 Å². The number of amides is 1. The summed E-state index contributed by atoms with van der Waals surface area (Å²) < 4.78 is 39.3. The number of carbonyl (C=O) groups is 1. The number of aromatic nitrogens is 1. The number of halogens is 4. The molecule has 1 heterocycles. The van der Waals surface area contributed by atoms with Crippen molar-refractivity contribution >= 4 is 27.5 Å². The first kappa shape index (κ1) is 16.5. The first-order chi connectivity index (χ1) is 10.2. The van der Waals surface area contributed by atoms with Crippen molar-refractivity contribution in [1.82, 2.24) is 4.98 Å². The molecule has 22 heavy (non-hydrogen) atoms. The van der Waals surface area contributed by atoms with E-state index >= 15 is 0 Å². The van der Waals surface area contributed by atoms with Crippen LogP contribution in [0.15, 0.2) is 34.9 Å². The Morgan fingerprint density at radius 2 is 1.95 bits per heavy atom. The van der Waals surface area contributed by atoms with E-state index in [1.807, 2.05) is 0 Å². The van der Waals surface area contributed by atoms with Crippen molar-refractivity contribution in [1.29, 1.82) is 0 Å². The Labute approximate surface area is 133 Å². The van der Waals surface area contributed by atoms with E-state index in [1.54, 1.807) is 13.0 Å². The van der Waals surface area contributed by atoms with Gasteiger partial charge < -0.3 is 5.32 Å². The van der Waals surface area contributed by atoms with Crippen LogP contribution in [0.1, 0.15) is 27.2 Å². The van der Waals surface area contributed by atoms with E-state index in [2.05, 4.69) is 26.2 Å². The second-order valence-electron chi connectivity index (χ2n) is 4.72. The molecule has 0 aliphatic carbocycles. The molecule has 7 heteroatoms. The highest BCUT2D eigenvalue weighted by Gasteiger charge is 2.33. The summed E-state index contributed by atoms with van der Waals surface area (Å²) in [6, 6.07) is 5.17. The van der Waals surface area contributed by atoms with Gasteiger partial charge in [0.2, 0.25) is 0 Å². The third kappa shape index (κ3) is 3.47. The average Bonchev–Trinajstić information content (AvgIpc) is 2.41. The van der Waals surface area contributed by atoms with E-state index in [9.17, 15) is 18.0 Å². The normalized spacial score (nSPS) is 11.4. The van der Waals surface area contributed by atoms with E-state index < -0.39 is 17.6 Å². The average molecular weight is 373 g/mol. The molecule has 0 radical (unpaired) electrons. The lowest BCUT2D eigenvalue weighted by Gasteiger charge is -2.14. The number of benzene rings is 1. The number of hydrogen-bond donors (Lipinski definition) is 1. The van der Waals surface area contributed by atoms with Gasteiger partial charge in [-0.25, -0.2) is 0 Å². The van der Waals surface area contributed by atoms with Crippen molar-refractivity contribution in [2.24, 2.45) is 0 Å². The molecule has 0 aliphatic rings. The van der Waals surface area contributed by atoms with Crippen LogP contribution in [-0.4, -0.2) is 10.9 Å². The summed E-state index contributed by atoms with van der Waals surface area (Å²) >= 11 is 3.28. The lowest BCUT2D eigenvalue weighted by atomic mass is 10.0. The van der Waals surface area contributed by atoms with Gasteiger partial charge in [0.05, 0.1) is 23.1 Å². The highest BCUT2D eigenvalue weighted by Crippen LogP contribution is 2.33. The maximum atomic E-state index is 12.9. The maximum absolute atomic E-state index is 12.9. The van der Waals surface area contributed by atoms with Gasteiger partial charge in [-0.3, -0.25) is 9.78 Å². The zero-order valence-electron chi connectivity index (χ0n) is 11.8. The molecule has 0 fully saturated rings. The fourth-order valence-corrected chi connectivity index (χ4v) is 2.31. The number of carbonyl (C=O) groups excluding carboxylic acids is 1. The third-order valence-corrected chi connectivity index (χ3v) is 3.97. The Morgan fingerprint density at radius 3 is 2.55 bits per heavy atom. The standard InChI is InChI=1S/C15H12BrF3N2O/c1-8-11(4-3-5-12(8)15(17,18)19)14(22)21-10-6-13(16)9(2)20-7-10/h3-7H,1-2H3,(H,21,22). The molecule has 0 atom stereocenters. The largest absolute Gasteiger partial charge is 0.416 e. The van der Waals surface area contributed by atoms with Crippen molar-refractivity contribution in [3.63, 3.8) is 0 Å². The molecule has 3 nitrogen and oxygen atoms in total. The molecule has 0 bridgehead atoms. The molecule has 2 rings (SSSR count). The minimum absolute atomic E-state index is 0.0217. The lowest BCUT2D eigenvalue weighted by Crippen LogP contribution is -2.17. The number of nitrogens with one attached hydrogen (secondary N) is 1. The van der Waals surface area contributed by atoms with Gasteiger partial charge in [-0.15, -0.1) is 0 Å². The second-order valence-corrected chi connectivity index (χ2v) is 5.58. The molecule has 0 saturated carbocycles. The molecule has 1 aromatic heterocycles. The molecule has 0 aliphatic heterocycles. The number of pyridine rings is 1. The van der Waals surface area contributed by atoms with Crippen LogP contribution in [0.4, 0.5) is 18.9 Å². The van der Waals surface area contributed by atoms with Gasteiger partial charge in [0.1, 0.15) is 0 Å². The molecular formula is C15H12BrF3N2O. The minimum atomic E-state index is -4.49. The number of aryl methyl sites for hydroxylation is 1. The van der Waals surface area contributed by atoms with Crippen LogP contribution in [-0.2, 0) is 6.18 Å². The minimum Gasteiger partial charge on any atom is -0.321 e. The summed E-state index contributed by atoms with van der Waals surface area (Å²) in [4.78, 5) is 16.3. The summed E-state index contributed by atoms with van der Waals surface area (Å²) in [5.41, 5.74) is 0.203. The molecule has 116 valence electrons. The van der Waals surface area contributed by atoms with E-state index in [0.717, 1.165) is 11.8 Å². The highest BCUT2D eigenvalue weighted by molar-refractivity contribution is 9.10. The van der Waals surface area contributed by atoms with Crippen LogP contribution in [0, 0.1) is 13.8 Å². The predicted molar refractivity (Wildman–Crippen MR) is 80.8 cm³/mol. The summed E-state index contributed by atoms with van der Waals surface area (Å²) in [5.74, 6) is -0.610. The zero-order chi connectivity index (χ0) is 16.5.